The number of benzene rings is 3. The topological polar surface area (TPSA) is 117 Å². The molecule has 0 unspecified atom stereocenters. The Morgan fingerprint density at radius 3 is 2.45 bits per heavy atom. The van der Waals surface area contributed by atoms with E-state index in [0.29, 0.717) is 28.0 Å². The number of carbonyl (C=O) groups excluding carboxylic acids is 1. The summed E-state index contributed by atoms with van der Waals surface area (Å²) in [5.41, 5.74) is 2.10. The zero-order valence-corrected chi connectivity index (χ0v) is 18.2. The molecule has 0 bridgehead atoms. The number of methoxy groups -OCH3 is 1. The van der Waals surface area contributed by atoms with Crippen molar-refractivity contribution in [2.45, 2.75) is 18.7 Å². The van der Waals surface area contributed by atoms with Gasteiger partial charge in [0.2, 0.25) is 5.91 Å². The number of ether oxygens (including phenoxy) is 1. The van der Waals surface area contributed by atoms with Crippen molar-refractivity contribution < 1.29 is 23.1 Å². The molecule has 162 valence electrons. The number of hydrogen-bond acceptors (Lipinski definition) is 7. The molecule has 3 aromatic rings. The number of anilines is 1. The van der Waals surface area contributed by atoms with Crippen LogP contribution >= 0.6 is 0 Å². The predicted molar refractivity (Wildman–Crippen MR) is 119 cm³/mol. The van der Waals surface area contributed by atoms with E-state index in [1.807, 2.05) is 6.07 Å². The van der Waals surface area contributed by atoms with E-state index in [9.17, 15) is 18.3 Å². The van der Waals surface area contributed by atoms with Crippen LogP contribution in [0.2, 0.25) is 0 Å². The molecule has 0 spiro atoms. The monoisotopic (exact) mass is 441 g/mol. The molecule has 0 aromatic heterocycles. The number of nitrogens with zero attached hydrogens (tertiary/aromatic N) is 2. The van der Waals surface area contributed by atoms with Crippen LogP contribution in [0, 0.1) is 6.92 Å². The number of rotatable bonds is 7. The molecule has 31 heavy (non-hydrogen) atoms. The summed E-state index contributed by atoms with van der Waals surface area (Å²) >= 11 is 0. The van der Waals surface area contributed by atoms with E-state index >= 15 is 0 Å². The normalized spacial score (nSPS) is 11.8. The van der Waals surface area contributed by atoms with E-state index in [2.05, 4.69) is 15.5 Å². The van der Waals surface area contributed by atoms with Gasteiger partial charge in [-0.3, -0.25) is 4.79 Å². The number of phenols is 1. The highest BCUT2D eigenvalue weighted by Crippen LogP contribution is 2.39. The van der Waals surface area contributed by atoms with Crippen LogP contribution in [-0.2, 0) is 19.4 Å². The number of sulfone groups is 1. The molecule has 3 aromatic carbocycles. The first-order valence-corrected chi connectivity index (χ1v) is 11.1. The van der Waals surface area contributed by atoms with E-state index in [1.54, 1.807) is 37.3 Å². The molecule has 0 saturated carbocycles. The summed E-state index contributed by atoms with van der Waals surface area (Å²) in [6.45, 7) is 3.35. The zero-order valence-electron chi connectivity index (χ0n) is 17.4. The van der Waals surface area contributed by atoms with Crippen LogP contribution in [0.15, 0.2) is 63.7 Å². The second-order valence-corrected chi connectivity index (χ2v) is 9.12. The molecule has 0 aliphatic carbocycles. The van der Waals surface area contributed by atoms with Gasteiger partial charge >= 0.3 is 0 Å². The van der Waals surface area contributed by atoms with Crippen molar-refractivity contribution in [2.24, 2.45) is 10.2 Å². The number of fused-ring (bicyclic) bond motifs is 1. The Bertz CT molecular complexity index is 1250. The Hall–Kier alpha value is -3.30. The van der Waals surface area contributed by atoms with Crippen molar-refractivity contribution >= 4 is 43.6 Å². The van der Waals surface area contributed by atoms with Crippen molar-refractivity contribution in [1.82, 2.24) is 0 Å². The van der Waals surface area contributed by atoms with E-state index < -0.39 is 9.84 Å². The lowest BCUT2D eigenvalue weighted by Gasteiger charge is -2.09. The van der Waals surface area contributed by atoms with Crippen LogP contribution in [0.4, 0.5) is 17.1 Å². The van der Waals surface area contributed by atoms with Crippen LogP contribution < -0.4 is 5.32 Å². The van der Waals surface area contributed by atoms with Crippen LogP contribution in [0.1, 0.15) is 12.5 Å². The lowest BCUT2D eigenvalue weighted by molar-refractivity contribution is -0.114. The van der Waals surface area contributed by atoms with Gasteiger partial charge in [-0.1, -0.05) is 0 Å². The molecule has 1 amide bonds. The summed E-state index contributed by atoms with van der Waals surface area (Å²) in [6, 6.07) is 13.1. The lowest BCUT2D eigenvalue weighted by Crippen LogP contribution is -2.11. The fourth-order valence-corrected chi connectivity index (χ4v) is 4.23. The van der Waals surface area contributed by atoms with Gasteiger partial charge in [-0.15, -0.1) is 5.11 Å². The maximum Gasteiger partial charge on any atom is 0.221 e. The third kappa shape index (κ3) is 5.25. The molecule has 0 heterocycles. The average molecular weight is 442 g/mol. The Kier molecular flexibility index (Phi) is 6.67. The van der Waals surface area contributed by atoms with Crippen molar-refractivity contribution in [3.05, 3.63) is 54.1 Å². The fraction of sp³-hybridized carbons (Fsp3) is 0.227. The second-order valence-electron chi connectivity index (χ2n) is 7.01. The van der Waals surface area contributed by atoms with Crippen LogP contribution in [0.5, 0.6) is 5.75 Å². The van der Waals surface area contributed by atoms with Crippen LogP contribution in [0.25, 0.3) is 10.8 Å². The smallest absolute Gasteiger partial charge is 0.221 e. The lowest BCUT2D eigenvalue weighted by atomic mass is 10.0. The summed E-state index contributed by atoms with van der Waals surface area (Å²) in [5, 5.41) is 23.0. The van der Waals surface area contributed by atoms with Gasteiger partial charge in [-0.05, 0) is 66.4 Å². The van der Waals surface area contributed by atoms with Gasteiger partial charge < -0.3 is 15.2 Å². The first-order chi connectivity index (χ1) is 14.7. The number of nitrogens with one attached hydrogen (secondary N) is 1. The minimum absolute atomic E-state index is 0.0214. The van der Waals surface area contributed by atoms with Gasteiger partial charge in [0, 0.05) is 25.1 Å². The predicted octanol–water partition coefficient (Wildman–Crippen LogP) is 4.65. The number of aromatic hydroxyl groups is 1. The van der Waals surface area contributed by atoms with Crippen molar-refractivity contribution in [2.75, 3.05) is 24.8 Å². The van der Waals surface area contributed by atoms with Crippen molar-refractivity contribution in [3.8, 4) is 5.75 Å². The minimum atomic E-state index is -3.42. The van der Waals surface area contributed by atoms with E-state index in [4.69, 9.17) is 4.74 Å². The molecule has 0 saturated heterocycles. The molecule has 9 heteroatoms. The Morgan fingerprint density at radius 2 is 1.81 bits per heavy atom. The molecule has 8 nitrogen and oxygen atoms in total. The molecule has 0 radical (unpaired) electrons. The molecule has 3 rings (SSSR count). The first kappa shape index (κ1) is 22.4. The minimum Gasteiger partial charge on any atom is -0.505 e. The summed E-state index contributed by atoms with van der Waals surface area (Å²) in [4.78, 5) is 11.4. The van der Waals surface area contributed by atoms with E-state index in [0.717, 1.165) is 5.39 Å². The quantitative estimate of drug-likeness (QED) is 0.518. The van der Waals surface area contributed by atoms with Crippen molar-refractivity contribution in [3.63, 3.8) is 0 Å². The highest BCUT2D eigenvalue weighted by atomic mass is 32.2. The molecule has 2 N–H and O–H groups in total. The van der Waals surface area contributed by atoms with E-state index in [-0.39, 0.29) is 28.9 Å². The van der Waals surface area contributed by atoms with Gasteiger partial charge in [0.15, 0.2) is 15.6 Å². The highest BCUT2D eigenvalue weighted by molar-refractivity contribution is 7.91. The first-order valence-electron chi connectivity index (χ1n) is 9.48. The third-order valence-corrected chi connectivity index (χ3v) is 6.31. The van der Waals surface area contributed by atoms with Gasteiger partial charge in [-0.25, -0.2) is 8.42 Å². The molecule has 0 atom stereocenters. The van der Waals surface area contributed by atoms with Gasteiger partial charge in [0.05, 0.1) is 22.9 Å². The number of hydrogen-bond donors (Lipinski definition) is 2. The SMILES string of the molecule is COCCS(=O)(=O)c1ccc(N=Nc2c(C)cc3cc(NC(C)=O)ccc3c2O)cc1. The molecule has 0 aliphatic heterocycles. The van der Waals surface area contributed by atoms with E-state index in [1.165, 1.54) is 26.2 Å². The zero-order chi connectivity index (χ0) is 22.6. The fourth-order valence-electron chi connectivity index (χ4n) is 3.06. The molecular weight excluding hydrogens is 418 g/mol. The molecule has 0 aliphatic rings. The summed E-state index contributed by atoms with van der Waals surface area (Å²) < 4.78 is 29.2. The maximum absolute atomic E-state index is 12.2. The van der Waals surface area contributed by atoms with Gasteiger partial charge in [-0.2, -0.15) is 5.11 Å². The largest absolute Gasteiger partial charge is 0.505 e. The van der Waals surface area contributed by atoms with Gasteiger partial charge in [0.1, 0.15) is 5.69 Å². The number of azo groups is 1. The summed E-state index contributed by atoms with van der Waals surface area (Å²) in [6.07, 6.45) is 0. The highest BCUT2D eigenvalue weighted by Gasteiger charge is 2.14. The average Bonchev–Trinajstić information content (AvgIpc) is 2.72. The Morgan fingerprint density at radius 1 is 1.10 bits per heavy atom. The third-order valence-electron chi connectivity index (χ3n) is 4.61. The number of amides is 1. The van der Waals surface area contributed by atoms with Crippen LogP contribution in [0.3, 0.4) is 0 Å². The Balaban J connectivity index is 1.88. The Labute approximate surface area is 180 Å². The summed E-state index contributed by atoms with van der Waals surface area (Å²) in [7, 11) is -1.97. The van der Waals surface area contributed by atoms with Crippen LogP contribution in [-0.4, -0.2) is 38.9 Å². The summed E-state index contributed by atoms with van der Waals surface area (Å²) in [5.74, 6) is -0.298. The second kappa shape index (κ2) is 9.23. The maximum atomic E-state index is 12.2. The number of aryl methyl sites for hydroxylation is 1. The van der Waals surface area contributed by atoms with Gasteiger partial charge in [0.25, 0.3) is 0 Å². The number of phenolic OH excluding ortho intramolecular Hbond substituents is 1. The van der Waals surface area contributed by atoms with Crippen molar-refractivity contribution in [1.29, 1.82) is 0 Å². The standard InChI is InChI=1S/C22H23N3O5S/c1-14-12-16-13-18(23-15(2)26)6-9-20(16)22(27)21(14)25-24-17-4-7-19(8-5-17)31(28,29)11-10-30-3/h4-9,12-13,27H,10-11H2,1-3H3,(H,23,26). The molecule has 0 fully saturated rings. The molecular formula is C22H23N3O5S. The number of carbonyl (C=O) groups is 1.